The molecule has 3 rings (SSSR count). The maximum atomic E-state index is 11.8. The van der Waals surface area contributed by atoms with Crippen molar-refractivity contribution in [3.8, 4) is 5.75 Å². The second-order valence-electron chi connectivity index (χ2n) is 4.88. The van der Waals surface area contributed by atoms with Gasteiger partial charge in [0.05, 0.1) is 4.91 Å². The predicted molar refractivity (Wildman–Crippen MR) is 104 cm³/mol. The minimum absolute atomic E-state index is 0.200. The Balaban J connectivity index is 1.84. The molecule has 1 aliphatic heterocycles. The van der Waals surface area contributed by atoms with E-state index in [2.05, 4.69) is 5.32 Å². The highest BCUT2D eigenvalue weighted by Gasteiger charge is 2.22. The highest BCUT2D eigenvalue weighted by Crippen LogP contribution is 2.31. The van der Waals surface area contributed by atoms with Crippen molar-refractivity contribution in [3.63, 3.8) is 0 Å². The second kappa shape index (κ2) is 7.57. The first-order valence-corrected chi connectivity index (χ1v) is 8.92. The van der Waals surface area contributed by atoms with Crippen LogP contribution in [-0.4, -0.2) is 10.2 Å². The van der Waals surface area contributed by atoms with E-state index in [-0.39, 0.29) is 12.5 Å². The van der Waals surface area contributed by atoms with Gasteiger partial charge in [-0.25, -0.2) is 0 Å². The number of hydrogen-bond acceptors (Lipinski definition) is 4. The number of thioether (sulfide) groups is 1. The molecule has 0 saturated carbocycles. The molecule has 1 saturated heterocycles. The highest BCUT2D eigenvalue weighted by molar-refractivity contribution is 8.26. The lowest BCUT2D eigenvalue weighted by molar-refractivity contribution is -0.115. The largest absolute Gasteiger partial charge is 0.488 e. The summed E-state index contributed by atoms with van der Waals surface area (Å²) in [4.78, 5) is 12.3. The molecule has 1 N–H and O–H groups in total. The van der Waals surface area contributed by atoms with Gasteiger partial charge in [0.25, 0.3) is 5.91 Å². The van der Waals surface area contributed by atoms with Crippen molar-refractivity contribution in [2.75, 3.05) is 0 Å². The Morgan fingerprint density at radius 1 is 1.12 bits per heavy atom. The Labute approximate surface area is 159 Å². The Hall–Kier alpha value is -1.53. The molecule has 2 aromatic rings. The van der Waals surface area contributed by atoms with Crippen LogP contribution >= 0.6 is 47.2 Å². The summed E-state index contributed by atoms with van der Waals surface area (Å²) < 4.78 is 6.32. The van der Waals surface area contributed by atoms with Crippen molar-refractivity contribution in [1.29, 1.82) is 0 Å². The third-order valence-electron chi connectivity index (χ3n) is 3.28. The van der Waals surface area contributed by atoms with E-state index in [4.69, 9.17) is 40.2 Å². The van der Waals surface area contributed by atoms with Gasteiger partial charge < -0.3 is 10.1 Å². The Morgan fingerprint density at radius 2 is 1.83 bits per heavy atom. The molecule has 0 radical (unpaired) electrons. The standard InChI is InChI=1S/C17H11Cl2NO2S2/c18-12-5-3-6-13(19)11(12)9-22-14-7-2-1-4-10(14)8-15-16(21)20-17(23)24-15/h1-8H,9H2,(H,20,21,23). The van der Waals surface area contributed by atoms with Gasteiger partial charge in [-0.05, 0) is 24.3 Å². The number of hydrogen-bond donors (Lipinski definition) is 1. The topological polar surface area (TPSA) is 38.3 Å². The van der Waals surface area contributed by atoms with Crippen LogP contribution in [0.25, 0.3) is 6.08 Å². The van der Waals surface area contributed by atoms with E-state index in [0.29, 0.717) is 25.0 Å². The average Bonchev–Trinajstić information content (AvgIpc) is 2.86. The zero-order chi connectivity index (χ0) is 17.1. The van der Waals surface area contributed by atoms with Crippen molar-refractivity contribution in [2.24, 2.45) is 0 Å². The fraction of sp³-hybridized carbons (Fsp3) is 0.0588. The van der Waals surface area contributed by atoms with Gasteiger partial charge in [-0.2, -0.15) is 0 Å². The molecule has 3 nitrogen and oxygen atoms in total. The SMILES string of the molecule is O=C1NC(=S)SC1=Cc1ccccc1OCc1c(Cl)cccc1Cl. The van der Waals surface area contributed by atoms with E-state index in [0.717, 1.165) is 11.1 Å². The lowest BCUT2D eigenvalue weighted by Crippen LogP contribution is -2.17. The third-order valence-corrected chi connectivity index (χ3v) is 5.15. The van der Waals surface area contributed by atoms with Gasteiger partial charge in [-0.15, -0.1) is 0 Å². The van der Waals surface area contributed by atoms with Crippen LogP contribution in [0.4, 0.5) is 0 Å². The van der Waals surface area contributed by atoms with Crippen molar-refractivity contribution < 1.29 is 9.53 Å². The van der Waals surface area contributed by atoms with Crippen LogP contribution in [0.5, 0.6) is 5.75 Å². The number of nitrogens with one attached hydrogen (secondary N) is 1. The number of rotatable bonds is 4. The van der Waals surface area contributed by atoms with Gasteiger partial charge in [0.15, 0.2) is 0 Å². The number of ether oxygens (including phenoxy) is 1. The summed E-state index contributed by atoms with van der Waals surface area (Å²) in [6.45, 7) is 0.233. The van der Waals surface area contributed by atoms with Crippen molar-refractivity contribution in [2.45, 2.75) is 6.61 Å². The van der Waals surface area contributed by atoms with Crippen molar-refractivity contribution in [1.82, 2.24) is 5.32 Å². The minimum Gasteiger partial charge on any atom is -0.488 e. The van der Waals surface area contributed by atoms with Crippen LogP contribution < -0.4 is 10.1 Å². The molecule has 0 bridgehead atoms. The monoisotopic (exact) mass is 395 g/mol. The molecule has 1 fully saturated rings. The van der Waals surface area contributed by atoms with E-state index in [9.17, 15) is 4.79 Å². The van der Waals surface area contributed by atoms with Crippen LogP contribution in [-0.2, 0) is 11.4 Å². The molecule has 0 unspecified atom stereocenters. The number of carbonyl (C=O) groups is 1. The smallest absolute Gasteiger partial charge is 0.263 e. The summed E-state index contributed by atoms with van der Waals surface area (Å²) in [5.41, 5.74) is 1.50. The summed E-state index contributed by atoms with van der Waals surface area (Å²) in [5, 5.41) is 3.69. The fourth-order valence-electron chi connectivity index (χ4n) is 2.11. The molecule has 0 aliphatic carbocycles. The van der Waals surface area contributed by atoms with Crippen LogP contribution in [0.15, 0.2) is 47.4 Å². The number of thiocarbonyl (C=S) groups is 1. The predicted octanol–water partition coefficient (Wildman–Crippen LogP) is 5.06. The van der Waals surface area contributed by atoms with Gasteiger partial charge in [-0.3, -0.25) is 4.79 Å². The third kappa shape index (κ3) is 3.92. The molecule has 1 heterocycles. The number of para-hydroxylation sites is 1. The summed E-state index contributed by atoms with van der Waals surface area (Å²) >= 11 is 18.5. The number of benzene rings is 2. The number of amides is 1. The summed E-state index contributed by atoms with van der Waals surface area (Å²) in [7, 11) is 0. The molecule has 24 heavy (non-hydrogen) atoms. The minimum atomic E-state index is -0.200. The van der Waals surface area contributed by atoms with Crippen LogP contribution in [0.1, 0.15) is 11.1 Å². The first kappa shape index (κ1) is 17.3. The Bertz CT molecular complexity index is 832. The zero-order valence-corrected chi connectivity index (χ0v) is 15.4. The van der Waals surface area contributed by atoms with Crippen LogP contribution in [0, 0.1) is 0 Å². The number of carbonyl (C=O) groups excluding carboxylic acids is 1. The molecular weight excluding hydrogens is 385 g/mol. The Morgan fingerprint density at radius 3 is 2.50 bits per heavy atom. The fourth-order valence-corrected chi connectivity index (χ4v) is 3.66. The summed E-state index contributed by atoms with van der Waals surface area (Å²) in [6, 6.07) is 12.7. The second-order valence-corrected chi connectivity index (χ2v) is 7.41. The molecule has 7 heteroatoms. The Kier molecular flexibility index (Phi) is 5.46. The van der Waals surface area contributed by atoms with Gasteiger partial charge in [-0.1, -0.05) is 71.4 Å². The van der Waals surface area contributed by atoms with Gasteiger partial charge in [0.2, 0.25) is 0 Å². The normalized spacial score (nSPS) is 15.7. The van der Waals surface area contributed by atoms with Crippen LogP contribution in [0.3, 0.4) is 0 Å². The van der Waals surface area contributed by atoms with Gasteiger partial charge >= 0.3 is 0 Å². The lowest BCUT2D eigenvalue weighted by Gasteiger charge is -2.11. The average molecular weight is 396 g/mol. The van der Waals surface area contributed by atoms with Crippen LogP contribution in [0.2, 0.25) is 10.0 Å². The van der Waals surface area contributed by atoms with Gasteiger partial charge in [0.1, 0.15) is 16.7 Å². The van der Waals surface area contributed by atoms with Crippen molar-refractivity contribution in [3.05, 3.63) is 68.5 Å². The molecular formula is C17H11Cl2NO2S2. The van der Waals surface area contributed by atoms with Crippen molar-refractivity contribution >= 4 is 63.5 Å². The number of halogens is 2. The zero-order valence-electron chi connectivity index (χ0n) is 12.2. The first-order valence-electron chi connectivity index (χ1n) is 6.94. The molecule has 2 aromatic carbocycles. The molecule has 0 aromatic heterocycles. The lowest BCUT2D eigenvalue weighted by atomic mass is 10.2. The molecule has 1 amide bonds. The molecule has 0 spiro atoms. The maximum Gasteiger partial charge on any atom is 0.263 e. The summed E-state index contributed by atoms with van der Waals surface area (Å²) in [6.07, 6.45) is 1.75. The summed E-state index contributed by atoms with van der Waals surface area (Å²) in [5.74, 6) is 0.432. The maximum absolute atomic E-state index is 11.8. The molecule has 1 aliphatic rings. The quantitative estimate of drug-likeness (QED) is 0.579. The van der Waals surface area contributed by atoms with E-state index in [1.807, 2.05) is 24.3 Å². The molecule has 122 valence electrons. The van der Waals surface area contributed by atoms with E-state index >= 15 is 0 Å². The first-order chi connectivity index (χ1) is 11.5. The van der Waals surface area contributed by atoms with E-state index in [1.54, 1.807) is 24.3 Å². The van der Waals surface area contributed by atoms with E-state index in [1.165, 1.54) is 11.8 Å². The molecule has 0 atom stereocenters. The van der Waals surface area contributed by atoms with E-state index < -0.39 is 0 Å². The van der Waals surface area contributed by atoms with Gasteiger partial charge in [0, 0.05) is 21.2 Å². The highest BCUT2D eigenvalue weighted by atomic mass is 35.5.